The average molecular weight is 172 g/mol. The highest BCUT2D eigenvalue weighted by Crippen LogP contribution is 2.22. The van der Waals surface area contributed by atoms with Gasteiger partial charge in [0.1, 0.15) is 18.7 Å². The Morgan fingerprint density at radius 3 is 2.58 bits per heavy atom. The van der Waals surface area contributed by atoms with Crippen molar-refractivity contribution in [3.8, 4) is 0 Å². The lowest BCUT2D eigenvalue weighted by Crippen LogP contribution is -2.61. The summed E-state index contributed by atoms with van der Waals surface area (Å²) < 4.78 is 6.90. The van der Waals surface area contributed by atoms with Crippen LogP contribution in [0.2, 0.25) is 0 Å². The molecule has 1 heterocycles. The van der Waals surface area contributed by atoms with Crippen LogP contribution in [0.4, 0.5) is 0 Å². The number of ether oxygens (including phenoxy) is 1. The van der Waals surface area contributed by atoms with Gasteiger partial charge < -0.3 is 9.22 Å². The molecule has 0 aromatic heterocycles. The van der Waals surface area contributed by atoms with Crippen molar-refractivity contribution in [2.45, 2.75) is 39.3 Å². The van der Waals surface area contributed by atoms with E-state index >= 15 is 0 Å². The maximum Gasteiger partial charge on any atom is 0.113 e. The third-order valence-electron chi connectivity index (χ3n) is 3.58. The SMILES string of the molecule is CCC1OCC[N+](C)(CC)C1C. The Balaban J connectivity index is 2.65. The molecule has 0 amide bonds. The second-order valence-electron chi connectivity index (χ2n) is 4.08. The summed E-state index contributed by atoms with van der Waals surface area (Å²) in [5.74, 6) is 0. The first-order valence-corrected chi connectivity index (χ1v) is 5.10. The van der Waals surface area contributed by atoms with Crippen molar-refractivity contribution in [2.75, 3.05) is 26.7 Å². The van der Waals surface area contributed by atoms with E-state index in [1.54, 1.807) is 0 Å². The van der Waals surface area contributed by atoms with Crippen LogP contribution < -0.4 is 0 Å². The van der Waals surface area contributed by atoms with Crippen molar-refractivity contribution in [3.63, 3.8) is 0 Å². The Hall–Kier alpha value is -0.0800. The van der Waals surface area contributed by atoms with E-state index in [1.165, 1.54) is 17.6 Å². The Labute approximate surface area is 76.1 Å². The molecule has 2 heteroatoms. The van der Waals surface area contributed by atoms with Gasteiger partial charge in [-0.2, -0.15) is 0 Å². The maximum absolute atomic E-state index is 5.72. The van der Waals surface area contributed by atoms with Crippen molar-refractivity contribution in [1.82, 2.24) is 0 Å². The van der Waals surface area contributed by atoms with E-state index in [0.717, 1.165) is 13.0 Å². The molecule has 0 aromatic carbocycles. The van der Waals surface area contributed by atoms with Gasteiger partial charge in [0.25, 0.3) is 0 Å². The lowest BCUT2D eigenvalue weighted by Gasteiger charge is -2.46. The smallest absolute Gasteiger partial charge is 0.113 e. The normalized spacial score (nSPS) is 43.0. The molecule has 2 nitrogen and oxygen atoms in total. The predicted molar refractivity (Wildman–Crippen MR) is 51.1 cm³/mol. The van der Waals surface area contributed by atoms with E-state index in [-0.39, 0.29) is 0 Å². The molecule has 12 heavy (non-hydrogen) atoms. The molecule has 1 saturated heterocycles. The predicted octanol–water partition coefficient (Wildman–Crippen LogP) is 1.65. The Morgan fingerprint density at radius 1 is 1.42 bits per heavy atom. The van der Waals surface area contributed by atoms with Crippen LogP contribution in [0, 0.1) is 0 Å². The molecule has 0 aromatic rings. The van der Waals surface area contributed by atoms with Gasteiger partial charge in [0, 0.05) is 0 Å². The molecule has 72 valence electrons. The van der Waals surface area contributed by atoms with Crippen LogP contribution >= 0.6 is 0 Å². The first kappa shape index (κ1) is 10.0. The van der Waals surface area contributed by atoms with Gasteiger partial charge >= 0.3 is 0 Å². The monoisotopic (exact) mass is 172 g/mol. The first-order chi connectivity index (χ1) is 5.64. The van der Waals surface area contributed by atoms with Crippen molar-refractivity contribution < 1.29 is 9.22 Å². The molecule has 1 aliphatic rings. The van der Waals surface area contributed by atoms with Gasteiger partial charge in [0.05, 0.1) is 20.2 Å². The van der Waals surface area contributed by atoms with Gasteiger partial charge in [0.2, 0.25) is 0 Å². The number of nitrogens with zero attached hydrogens (tertiary/aromatic N) is 1. The third-order valence-corrected chi connectivity index (χ3v) is 3.58. The second-order valence-corrected chi connectivity index (χ2v) is 4.08. The maximum atomic E-state index is 5.72. The highest BCUT2D eigenvalue weighted by atomic mass is 16.5. The van der Waals surface area contributed by atoms with Gasteiger partial charge in [-0.15, -0.1) is 0 Å². The largest absolute Gasteiger partial charge is 0.366 e. The van der Waals surface area contributed by atoms with Crippen LogP contribution in [0.15, 0.2) is 0 Å². The zero-order valence-electron chi connectivity index (χ0n) is 8.84. The zero-order valence-corrected chi connectivity index (χ0v) is 8.84. The number of hydrogen-bond donors (Lipinski definition) is 0. The molecule has 0 aliphatic carbocycles. The summed E-state index contributed by atoms with van der Waals surface area (Å²) in [7, 11) is 2.34. The summed E-state index contributed by atoms with van der Waals surface area (Å²) in [4.78, 5) is 0. The molecule has 1 aliphatic heterocycles. The Morgan fingerprint density at radius 2 is 2.08 bits per heavy atom. The van der Waals surface area contributed by atoms with Crippen LogP contribution in [0.25, 0.3) is 0 Å². The molecule has 0 radical (unpaired) electrons. The molecule has 0 spiro atoms. The zero-order chi connectivity index (χ0) is 9.19. The van der Waals surface area contributed by atoms with Gasteiger partial charge in [0.15, 0.2) is 0 Å². The molecule has 3 unspecified atom stereocenters. The molecule has 0 saturated carbocycles. The summed E-state index contributed by atoms with van der Waals surface area (Å²) in [6, 6.07) is 0.661. The van der Waals surface area contributed by atoms with Crippen LogP contribution in [-0.2, 0) is 4.74 Å². The first-order valence-electron chi connectivity index (χ1n) is 5.10. The lowest BCUT2D eigenvalue weighted by molar-refractivity contribution is -0.941. The van der Waals surface area contributed by atoms with E-state index in [9.17, 15) is 0 Å². The number of likely N-dealkylation sites (N-methyl/N-ethyl adjacent to an activating group) is 1. The highest BCUT2D eigenvalue weighted by Gasteiger charge is 2.37. The van der Waals surface area contributed by atoms with Crippen molar-refractivity contribution in [3.05, 3.63) is 0 Å². The van der Waals surface area contributed by atoms with Crippen LogP contribution in [0.3, 0.4) is 0 Å². The topological polar surface area (TPSA) is 9.23 Å². The van der Waals surface area contributed by atoms with E-state index in [0.29, 0.717) is 12.1 Å². The average Bonchev–Trinajstić information content (AvgIpc) is 2.10. The van der Waals surface area contributed by atoms with Crippen LogP contribution in [0.5, 0.6) is 0 Å². The molecule has 1 rings (SSSR count). The summed E-state index contributed by atoms with van der Waals surface area (Å²) in [5.41, 5.74) is 0. The summed E-state index contributed by atoms with van der Waals surface area (Å²) in [5, 5.41) is 0. The summed E-state index contributed by atoms with van der Waals surface area (Å²) in [6.45, 7) is 10.1. The second kappa shape index (κ2) is 3.75. The Bertz CT molecular complexity index is 149. The fraction of sp³-hybridized carbons (Fsp3) is 1.00. The molecule has 1 fully saturated rings. The third kappa shape index (κ3) is 1.64. The van der Waals surface area contributed by atoms with E-state index < -0.39 is 0 Å². The molecular formula is C10H22NO+. The fourth-order valence-electron chi connectivity index (χ4n) is 2.06. The van der Waals surface area contributed by atoms with Gasteiger partial charge in [-0.1, -0.05) is 6.92 Å². The van der Waals surface area contributed by atoms with Crippen LogP contribution in [0.1, 0.15) is 27.2 Å². The van der Waals surface area contributed by atoms with Gasteiger partial charge in [-0.05, 0) is 20.3 Å². The summed E-state index contributed by atoms with van der Waals surface area (Å²) in [6.07, 6.45) is 1.62. The van der Waals surface area contributed by atoms with E-state index in [4.69, 9.17) is 4.74 Å². The quantitative estimate of drug-likeness (QED) is 0.575. The van der Waals surface area contributed by atoms with Gasteiger partial charge in [-0.25, -0.2) is 0 Å². The standard InChI is InChI=1S/C10H22NO/c1-5-10-9(3)11(4,6-2)7-8-12-10/h9-10H,5-8H2,1-4H3/q+1. The van der Waals surface area contributed by atoms with Crippen molar-refractivity contribution in [2.24, 2.45) is 0 Å². The van der Waals surface area contributed by atoms with Gasteiger partial charge in [-0.3, -0.25) is 0 Å². The number of rotatable bonds is 2. The minimum Gasteiger partial charge on any atom is -0.366 e. The molecular weight excluding hydrogens is 150 g/mol. The molecule has 0 N–H and O–H groups in total. The lowest BCUT2D eigenvalue weighted by atomic mass is 10.0. The van der Waals surface area contributed by atoms with Crippen molar-refractivity contribution in [1.29, 1.82) is 0 Å². The summed E-state index contributed by atoms with van der Waals surface area (Å²) >= 11 is 0. The number of quaternary nitrogens is 1. The number of morpholine rings is 1. The van der Waals surface area contributed by atoms with E-state index in [1.807, 2.05) is 0 Å². The highest BCUT2D eigenvalue weighted by molar-refractivity contribution is 4.69. The minimum atomic E-state index is 0.476. The Kier molecular flexibility index (Phi) is 3.13. The van der Waals surface area contributed by atoms with E-state index in [2.05, 4.69) is 27.8 Å². The fourth-order valence-corrected chi connectivity index (χ4v) is 2.06. The van der Waals surface area contributed by atoms with Crippen LogP contribution in [-0.4, -0.2) is 43.4 Å². The molecule has 3 atom stereocenters. The molecule has 0 bridgehead atoms. The van der Waals surface area contributed by atoms with Crippen molar-refractivity contribution >= 4 is 0 Å². The minimum absolute atomic E-state index is 0.476. The number of hydrogen-bond acceptors (Lipinski definition) is 1.